The van der Waals surface area contributed by atoms with Gasteiger partial charge in [-0.1, -0.05) is 6.07 Å². The highest BCUT2D eigenvalue weighted by atomic mass is 19.4. The van der Waals surface area contributed by atoms with E-state index in [0.29, 0.717) is 6.54 Å². The standard InChI is InChI=1S/C13H17F3N2O/c1-4-18(8(2)3)12(19)9-6-5-7-10(11(9)17)13(14,15)16/h5-8H,4,17H2,1-3H3. The topological polar surface area (TPSA) is 46.3 Å². The van der Waals surface area contributed by atoms with Crippen LogP contribution in [0, 0.1) is 0 Å². The van der Waals surface area contributed by atoms with Gasteiger partial charge in [0, 0.05) is 12.6 Å². The quantitative estimate of drug-likeness (QED) is 0.861. The minimum absolute atomic E-state index is 0.105. The maximum absolute atomic E-state index is 12.7. The molecule has 1 aromatic rings. The van der Waals surface area contributed by atoms with E-state index in [4.69, 9.17) is 5.73 Å². The van der Waals surface area contributed by atoms with E-state index in [-0.39, 0.29) is 11.6 Å². The highest BCUT2D eigenvalue weighted by molar-refractivity contribution is 6.00. The number of anilines is 1. The maximum atomic E-state index is 12.7. The fourth-order valence-electron chi connectivity index (χ4n) is 1.90. The van der Waals surface area contributed by atoms with Gasteiger partial charge in [-0.25, -0.2) is 0 Å². The fourth-order valence-corrected chi connectivity index (χ4v) is 1.90. The van der Waals surface area contributed by atoms with Crippen molar-refractivity contribution in [3.05, 3.63) is 29.3 Å². The second kappa shape index (κ2) is 5.50. The van der Waals surface area contributed by atoms with E-state index in [1.165, 1.54) is 17.0 Å². The van der Waals surface area contributed by atoms with Gasteiger partial charge in [-0.05, 0) is 32.9 Å². The van der Waals surface area contributed by atoms with Crippen LogP contribution in [0.1, 0.15) is 36.7 Å². The van der Waals surface area contributed by atoms with Gasteiger partial charge >= 0.3 is 6.18 Å². The molecule has 0 aliphatic heterocycles. The Morgan fingerprint density at radius 1 is 1.37 bits per heavy atom. The number of carbonyl (C=O) groups excluding carboxylic acids is 1. The van der Waals surface area contributed by atoms with Crippen molar-refractivity contribution < 1.29 is 18.0 Å². The minimum atomic E-state index is -4.56. The van der Waals surface area contributed by atoms with E-state index in [1.807, 2.05) is 0 Å². The Balaban J connectivity index is 3.26. The number of hydrogen-bond acceptors (Lipinski definition) is 2. The number of carbonyl (C=O) groups is 1. The second-order valence-corrected chi connectivity index (χ2v) is 4.45. The molecule has 0 bridgehead atoms. The Labute approximate surface area is 110 Å². The lowest BCUT2D eigenvalue weighted by Gasteiger charge is -2.26. The Morgan fingerprint density at radius 3 is 2.37 bits per heavy atom. The lowest BCUT2D eigenvalue weighted by Crippen LogP contribution is -2.37. The maximum Gasteiger partial charge on any atom is 0.418 e. The Bertz CT molecular complexity index is 469. The van der Waals surface area contributed by atoms with Crippen LogP contribution in [0.4, 0.5) is 18.9 Å². The fraction of sp³-hybridized carbons (Fsp3) is 0.462. The normalized spacial score (nSPS) is 11.7. The molecule has 1 rings (SSSR count). The van der Waals surface area contributed by atoms with Crippen LogP contribution in [0.15, 0.2) is 18.2 Å². The molecule has 0 aliphatic rings. The molecule has 106 valence electrons. The molecule has 6 heteroatoms. The highest BCUT2D eigenvalue weighted by Crippen LogP contribution is 2.35. The lowest BCUT2D eigenvalue weighted by molar-refractivity contribution is -0.136. The number of nitrogens with two attached hydrogens (primary N) is 1. The summed E-state index contributed by atoms with van der Waals surface area (Å²) < 4.78 is 38.2. The van der Waals surface area contributed by atoms with Gasteiger partial charge in [-0.2, -0.15) is 13.2 Å². The van der Waals surface area contributed by atoms with Crippen molar-refractivity contribution in [1.82, 2.24) is 4.90 Å². The first-order valence-electron chi connectivity index (χ1n) is 5.96. The zero-order valence-electron chi connectivity index (χ0n) is 11.1. The van der Waals surface area contributed by atoms with Gasteiger partial charge in [-0.3, -0.25) is 4.79 Å². The number of alkyl halides is 3. The van der Waals surface area contributed by atoms with Crippen LogP contribution in [-0.4, -0.2) is 23.4 Å². The van der Waals surface area contributed by atoms with Gasteiger partial charge in [0.1, 0.15) is 0 Å². The molecule has 0 heterocycles. The number of benzene rings is 1. The third-order valence-corrected chi connectivity index (χ3v) is 2.87. The molecule has 0 saturated heterocycles. The van der Waals surface area contributed by atoms with Crippen molar-refractivity contribution in [1.29, 1.82) is 0 Å². The van der Waals surface area contributed by atoms with Gasteiger partial charge in [0.05, 0.1) is 16.8 Å². The van der Waals surface area contributed by atoms with Crippen LogP contribution < -0.4 is 5.73 Å². The average Bonchev–Trinajstić information content (AvgIpc) is 2.27. The lowest BCUT2D eigenvalue weighted by atomic mass is 10.1. The SMILES string of the molecule is CCN(C(=O)c1cccc(C(F)(F)F)c1N)C(C)C. The number of para-hydroxylation sites is 1. The molecular formula is C13H17F3N2O. The van der Waals surface area contributed by atoms with Crippen molar-refractivity contribution in [3.8, 4) is 0 Å². The van der Waals surface area contributed by atoms with Crippen LogP contribution in [0.2, 0.25) is 0 Å². The monoisotopic (exact) mass is 274 g/mol. The number of hydrogen-bond donors (Lipinski definition) is 1. The van der Waals surface area contributed by atoms with Gasteiger partial charge in [-0.15, -0.1) is 0 Å². The minimum Gasteiger partial charge on any atom is -0.398 e. The summed E-state index contributed by atoms with van der Waals surface area (Å²) in [5.41, 5.74) is 3.90. The summed E-state index contributed by atoms with van der Waals surface area (Å²) in [5.74, 6) is -0.485. The van der Waals surface area contributed by atoms with E-state index in [0.717, 1.165) is 6.07 Å². The summed E-state index contributed by atoms with van der Waals surface area (Å²) in [7, 11) is 0. The molecular weight excluding hydrogens is 257 g/mol. The predicted molar refractivity (Wildman–Crippen MR) is 67.7 cm³/mol. The number of nitrogens with zero attached hydrogens (tertiary/aromatic N) is 1. The van der Waals surface area contributed by atoms with Crippen LogP contribution in [0.5, 0.6) is 0 Å². The largest absolute Gasteiger partial charge is 0.418 e. The van der Waals surface area contributed by atoms with Crippen molar-refractivity contribution in [2.24, 2.45) is 0 Å². The molecule has 0 spiro atoms. The summed E-state index contributed by atoms with van der Waals surface area (Å²) in [6, 6.07) is 3.28. The van der Waals surface area contributed by atoms with Gasteiger partial charge < -0.3 is 10.6 Å². The molecule has 0 aliphatic carbocycles. The molecule has 0 atom stereocenters. The van der Waals surface area contributed by atoms with Crippen LogP contribution in [-0.2, 0) is 6.18 Å². The number of halogens is 3. The molecule has 1 aromatic carbocycles. The number of rotatable bonds is 3. The summed E-state index contributed by atoms with van der Waals surface area (Å²) in [6.07, 6.45) is -4.56. The number of amides is 1. The first-order chi connectivity index (χ1) is 8.70. The van der Waals surface area contributed by atoms with Crippen LogP contribution in [0.3, 0.4) is 0 Å². The van der Waals surface area contributed by atoms with Crippen molar-refractivity contribution in [2.45, 2.75) is 33.0 Å². The van der Waals surface area contributed by atoms with Crippen LogP contribution >= 0.6 is 0 Å². The Kier molecular flexibility index (Phi) is 4.44. The molecule has 2 N–H and O–H groups in total. The smallest absolute Gasteiger partial charge is 0.398 e. The third kappa shape index (κ3) is 3.19. The third-order valence-electron chi connectivity index (χ3n) is 2.87. The first-order valence-corrected chi connectivity index (χ1v) is 5.96. The molecule has 0 radical (unpaired) electrons. The summed E-state index contributed by atoms with van der Waals surface area (Å²) in [4.78, 5) is 13.7. The molecule has 1 amide bonds. The summed E-state index contributed by atoms with van der Waals surface area (Å²) in [6.45, 7) is 5.77. The number of nitrogen functional groups attached to an aromatic ring is 1. The molecule has 0 fully saturated rings. The summed E-state index contributed by atoms with van der Waals surface area (Å²) in [5, 5.41) is 0. The van der Waals surface area contributed by atoms with E-state index in [9.17, 15) is 18.0 Å². The van der Waals surface area contributed by atoms with Crippen LogP contribution in [0.25, 0.3) is 0 Å². The first kappa shape index (κ1) is 15.3. The average molecular weight is 274 g/mol. The predicted octanol–water partition coefficient (Wildman–Crippen LogP) is 3.16. The second-order valence-electron chi connectivity index (χ2n) is 4.45. The van der Waals surface area contributed by atoms with Crippen molar-refractivity contribution in [2.75, 3.05) is 12.3 Å². The molecule has 3 nitrogen and oxygen atoms in total. The molecule has 19 heavy (non-hydrogen) atoms. The van der Waals surface area contributed by atoms with E-state index in [1.54, 1.807) is 20.8 Å². The van der Waals surface area contributed by atoms with E-state index in [2.05, 4.69) is 0 Å². The van der Waals surface area contributed by atoms with Gasteiger partial charge in [0.2, 0.25) is 0 Å². The molecule has 0 saturated carbocycles. The summed E-state index contributed by atoms with van der Waals surface area (Å²) >= 11 is 0. The van der Waals surface area contributed by atoms with E-state index < -0.39 is 23.3 Å². The van der Waals surface area contributed by atoms with Crippen molar-refractivity contribution >= 4 is 11.6 Å². The van der Waals surface area contributed by atoms with Crippen molar-refractivity contribution in [3.63, 3.8) is 0 Å². The molecule has 0 aromatic heterocycles. The van der Waals surface area contributed by atoms with Gasteiger partial charge in [0.25, 0.3) is 5.91 Å². The zero-order chi connectivity index (χ0) is 14.8. The Morgan fingerprint density at radius 2 is 1.95 bits per heavy atom. The van der Waals surface area contributed by atoms with E-state index >= 15 is 0 Å². The Hall–Kier alpha value is -1.72. The molecule has 0 unspecified atom stereocenters. The highest BCUT2D eigenvalue weighted by Gasteiger charge is 2.34. The van der Waals surface area contributed by atoms with Gasteiger partial charge in [0.15, 0.2) is 0 Å². The zero-order valence-corrected chi connectivity index (χ0v) is 11.1.